The minimum Gasteiger partial charge on any atom is -0.480 e. The van der Waals surface area contributed by atoms with Gasteiger partial charge in [-0.25, -0.2) is 0 Å². The van der Waals surface area contributed by atoms with Gasteiger partial charge in [0.05, 0.1) is 32.7 Å². The average Bonchev–Trinajstić information content (AvgIpc) is 2.54. The molecule has 0 saturated carbocycles. The van der Waals surface area contributed by atoms with Crippen LogP contribution in [0.25, 0.3) is 0 Å². The molecule has 0 aliphatic rings. The van der Waals surface area contributed by atoms with E-state index in [1.54, 1.807) is 0 Å². The van der Waals surface area contributed by atoms with E-state index in [9.17, 15) is 24.0 Å². The number of carbonyl (C=O) groups excluding carboxylic acids is 1. The van der Waals surface area contributed by atoms with E-state index >= 15 is 0 Å². The number of rotatable bonds is 16. The third-order valence-corrected chi connectivity index (χ3v) is 3.64. The summed E-state index contributed by atoms with van der Waals surface area (Å²) < 4.78 is 2.06. The van der Waals surface area contributed by atoms with Crippen LogP contribution in [0.1, 0.15) is 0 Å². The van der Waals surface area contributed by atoms with Crippen molar-refractivity contribution in [2.45, 2.75) is 0 Å². The van der Waals surface area contributed by atoms with Crippen LogP contribution in [0.15, 0.2) is 0 Å². The fraction of sp³-hybridized carbons (Fsp3) is 0.643. The highest BCUT2D eigenvalue weighted by Crippen LogP contribution is 1.97. The first-order chi connectivity index (χ1) is 13.0. The number of carbonyl (C=O) groups is 5. The number of nitrogens with one attached hydrogen (secondary N) is 1. The van der Waals surface area contributed by atoms with E-state index in [2.05, 4.69) is 17.5 Å². The molecule has 0 spiro atoms. The van der Waals surface area contributed by atoms with Gasteiger partial charge in [-0.15, -0.1) is 0 Å². The average molecular weight is 424 g/mol. The molecule has 0 unspecified atom stereocenters. The molecule has 0 atom stereocenters. The van der Waals surface area contributed by atoms with Crippen LogP contribution < -0.4 is 4.72 Å². The number of thiol groups is 1. The highest BCUT2D eigenvalue weighted by Gasteiger charge is 2.19. The summed E-state index contributed by atoms with van der Waals surface area (Å²) in [5, 5.41) is 35.6. The Labute approximate surface area is 166 Å². The summed E-state index contributed by atoms with van der Waals surface area (Å²) in [6, 6.07) is 0. The van der Waals surface area contributed by atoms with Crippen molar-refractivity contribution in [3.8, 4) is 0 Å². The molecule has 14 heteroatoms. The van der Waals surface area contributed by atoms with E-state index in [1.807, 2.05) is 0 Å². The zero-order chi connectivity index (χ0) is 21.7. The third-order valence-electron chi connectivity index (χ3n) is 3.39. The quantitative estimate of drug-likeness (QED) is 0.140. The lowest BCUT2D eigenvalue weighted by Crippen LogP contribution is -2.46. The number of aliphatic carboxylic acids is 4. The topological polar surface area (TPSA) is 188 Å². The Morgan fingerprint density at radius 3 is 1.18 bits per heavy atom. The molecule has 0 aromatic rings. The van der Waals surface area contributed by atoms with Gasteiger partial charge < -0.3 is 25.1 Å². The number of hydrogen-bond donors (Lipinski definition) is 6. The second-order valence-electron chi connectivity index (χ2n) is 5.81. The minimum atomic E-state index is -1.23. The summed E-state index contributed by atoms with van der Waals surface area (Å²) in [6.07, 6.45) is 0. The van der Waals surface area contributed by atoms with Crippen molar-refractivity contribution >= 4 is 42.6 Å². The number of nitrogens with zero attached hydrogens (tertiary/aromatic N) is 3. The van der Waals surface area contributed by atoms with Crippen molar-refractivity contribution in [3.05, 3.63) is 0 Å². The summed E-state index contributed by atoms with van der Waals surface area (Å²) in [7, 11) is 0. The molecule has 0 aliphatic carbocycles. The largest absolute Gasteiger partial charge is 0.480 e. The molecule has 0 heterocycles. The van der Waals surface area contributed by atoms with Crippen LogP contribution in [0.3, 0.4) is 0 Å². The summed E-state index contributed by atoms with van der Waals surface area (Å²) in [5.41, 5.74) is 0. The van der Waals surface area contributed by atoms with E-state index in [1.165, 1.54) is 9.80 Å². The highest BCUT2D eigenvalue weighted by atomic mass is 32.1. The van der Waals surface area contributed by atoms with Crippen molar-refractivity contribution in [2.24, 2.45) is 0 Å². The molecule has 13 nitrogen and oxygen atoms in total. The standard InChI is InChI=1S/C14H24N4O9S/c19-10(15-28)5-17(7-12(22)23)3-1-16(6-11(20)21)2-4-18(8-13(24)25)9-14(26)27/h28H,1-9H2,(H,15,19)(H,20,21)(H,22,23)(H,24,25)(H,26,27). The van der Waals surface area contributed by atoms with Gasteiger partial charge in [-0.1, -0.05) is 12.8 Å². The Kier molecular flexibility index (Phi) is 12.5. The van der Waals surface area contributed by atoms with Crippen LogP contribution in [0, 0.1) is 0 Å². The van der Waals surface area contributed by atoms with Crippen LogP contribution in [0.4, 0.5) is 0 Å². The Hall–Kier alpha value is -2.42. The molecular weight excluding hydrogens is 400 g/mol. The zero-order valence-corrected chi connectivity index (χ0v) is 15.9. The smallest absolute Gasteiger partial charge is 0.317 e. The molecule has 0 aliphatic heterocycles. The van der Waals surface area contributed by atoms with Crippen molar-refractivity contribution < 1.29 is 44.4 Å². The van der Waals surface area contributed by atoms with E-state index in [0.717, 1.165) is 4.90 Å². The first kappa shape index (κ1) is 25.6. The molecule has 1 amide bonds. The molecule has 5 N–H and O–H groups in total. The van der Waals surface area contributed by atoms with Gasteiger partial charge in [0.1, 0.15) is 0 Å². The number of carboxylic acids is 4. The van der Waals surface area contributed by atoms with Crippen molar-refractivity contribution in [1.29, 1.82) is 0 Å². The van der Waals surface area contributed by atoms with Gasteiger partial charge in [0.2, 0.25) is 5.91 Å². The molecule has 0 aromatic carbocycles. The maximum Gasteiger partial charge on any atom is 0.317 e. The molecule has 0 fully saturated rings. The highest BCUT2D eigenvalue weighted by molar-refractivity contribution is 7.78. The molecular formula is C14H24N4O9S. The number of hydrogen-bond acceptors (Lipinski definition) is 9. The second kappa shape index (κ2) is 13.7. The summed E-state index contributed by atoms with van der Waals surface area (Å²) in [5.74, 6) is -5.33. The van der Waals surface area contributed by atoms with Crippen LogP contribution in [-0.4, -0.2) is 124 Å². The summed E-state index contributed by atoms with van der Waals surface area (Å²) >= 11 is 3.58. The summed E-state index contributed by atoms with van der Waals surface area (Å²) in [4.78, 5) is 58.8. The minimum absolute atomic E-state index is 0.0259. The Bertz CT molecular complexity index is 559. The maximum atomic E-state index is 11.4. The van der Waals surface area contributed by atoms with Crippen molar-refractivity contribution in [2.75, 3.05) is 58.9 Å². The van der Waals surface area contributed by atoms with Gasteiger partial charge in [0, 0.05) is 26.2 Å². The fourth-order valence-electron chi connectivity index (χ4n) is 2.27. The fourth-order valence-corrected chi connectivity index (χ4v) is 2.34. The van der Waals surface area contributed by atoms with E-state index in [4.69, 9.17) is 20.4 Å². The molecule has 0 saturated heterocycles. The monoisotopic (exact) mass is 424 g/mol. The van der Waals surface area contributed by atoms with Gasteiger partial charge in [-0.3, -0.25) is 38.7 Å². The van der Waals surface area contributed by atoms with Crippen LogP contribution >= 0.6 is 12.8 Å². The van der Waals surface area contributed by atoms with E-state index in [0.29, 0.717) is 0 Å². The normalized spacial score (nSPS) is 11.0. The lowest BCUT2D eigenvalue weighted by Gasteiger charge is -2.27. The predicted octanol–water partition coefficient (Wildman–Crippen LogP) is -2.81. The number of carboxylic acid groups (broad SMARTS) is 4. The first-order valence-corrected chi connectivity index (χ1v) is 8.45. The Balaban J connectivity index is 4.90. The van der Waals surface area contributed by atoms with E-state index in [-0.39, 0.29) is 32.7 Å². The van der Waals surface area contributed by atoms with Gasteiger partial charge >= 0.3 is 23.9 Å². The molecule has 0 rings (SSSR count). The van der Waals surface area contributed by atoms with Crippen LogP contribution in [0.5, 0.6) is 0 Å². The van der Waals surface area contributed by atoms with Gasteiger partial charge in [-0.2, -0.15) is 0 Å². The van der Waals surface area contributed by atoms with Gasteiger partial charge in [-0.05, 0) is 0 Å². The molecule has 160 valence electrons. The Morgan fingerprint density at radius 2 is 0.857 bits per heavy atom. The van der Waals surface area contributed by atoms with Crippen LogP contribution in [0.2, 0.25) is 0 Å². The SMILES string of the molecule is O=C(O)CN(CCN(CC(=O)O)CC(=O)O)CCN(CC(=O)O)CC(=O)NS. The van der Waals surface area contributed by atoms with Crippen LogP contribution in [-0.2, 0) is 24.0 Å². The molecule has 28 heavy (non-hydrogen) atoms. The van der Waals surface area contributed by atoms with Crippen molar-refractivity contribution in [1.82, 2.24) is 19.4 Å². The third kappa shape index (κ3) is 13.7. The summed E-state index contributed by atoms with van der Waals surface area (Å²) in [6.45, 7) is -2.08. The molecule has 0 bridgehead atoms. The van der Waals surface area contributed by atoms with Crippen molar-refractivity contribution in [3.63, 3.8) is 0 Å². The van der Waals surface area contributed by atoms with Gasteiger partial charge in [0.15, 0.2) is 0 Å². The van der Waals surface area contributed by atoms with Gasteiger partial charge in [0.25, 0.3) is 0 Å². The lowest BCUT2D eigenvalue weighted by atomic mass is 10.3. The van der Waals surface area contributed by atoms with E-state index < -0.39 is 56.0 Å². The molecule has 0 radical (unpaired) electrons. The maximum absolute atomic E-state index is 11.4. The lowest BCUT2D eigenvalue weighted by molar-refractivity contribution is -0.143. The first-order valence-electron chi connectivity index (χ1n) is 8.00. The molecule has 0 aromatic heterocycles. The Morgan fingerprint density at radius 1 is 0.571 bits per heavy atom. The second-order valence-corrected chi connectivity index (χ2v) is 6.03. The predicted molar refractivity (Wildman–Crippen MR) is 97.0 cm³/mol. The number of amides is 1. The zero-order valence-electron chi connectivity index (χ0n) is 15.0.